The maximum atomic E-state index is 2.67. The maximum Gasteiger partial charge on any atom is 0.0232 e. The molecule has 0 amide bonds. The van der Waals surface area contributed by atoms with Gasteiger partial charge in [-0.3, -0.25) is 4.90 Å². The van der Waals surface area contributed by atoms with Crippen molar-refractivity contribution in [2.24, 2.45) is 5.92 Å². The van der Waals surface area contributed by atoms with E-state index in [4.69, 9.17) is 0 Å². The summed E-state index contributed by atoms with van der Waals surface area (Å²) in [4.78, 5) is 5.16. The molecule has 0 aromatic heterocycles. The van der Waals surface area contributed by atoms with Crippen molar-refractivity contribution >= 4 is 0 Å². The molecule has 0 N–H and O–H groups in total. The summed E-state index contributed by atoms with van der Waals surface area (Å²) in [6, 6.07) is 1.55. The van der Waals surface area contributed by atoms with Crippen LogP contribution >= 0.6 is 0 Å². The third-order valence-electron chi connectivity index (χ3n) is 4.36. The number of hydrogen-bond acceptors (Lipinski definition) is 2. The van der Waals surface area contributed by atoms with Crippen molar-refractivity contribution < 1.29 is 0 Å². The first-order chi connectivity index (χ1) is 7.10. The molecule has 1 aliphatic rings. The Labute approximate surface area is 95.6 Å². The predicted molar refractivity (Wildman–Crippen MR) is 67.2 cm³/mol. The van der Waals surface area contributed by atoms with Gasteiger partial charge in [-0.15, -0.1) is 0 Å². The first kappa shape index (κ1) is 13.0. The molecule has 1 aliphatic heterocycles. The zero-order valence-electron chi connectivity index (χ0n) is 11.2. The molecule has 0 spiro atoms. The van der Waals surface area contributed by atoms with E-state index in [0.29, 0.717) is 0 Å². The molecule has 0 bridgehead atoms. The fourth-order valence-electron chi connectivity index (χ4n) is 2.46. The topological polar surface area (TPSA) is 6.48 Å². The van der Waals surface area contributed by atoms with Crippen molar-refractivity contribution in [2.75, 3.05) is 26.7 Å². The van der Waals surface area contributed by atoms with E-state index in [0.717, 1.165) is 18.0 Å². The van der Waals surface area contributed by atoms with Gasteiger partial charge in [-0.05, 0) is 32.9 Å². The lowest BCUT2D eigenvalue weighted by molar-refractivity contribution is 0.173. The van der Waals surface area contributed by atoms with E-state index in [1.54, 1.807) is 0 Å². The molecular formula is C13H28N2. The van der Waals surface area contributed by atoms with Gasteiger partial charge in [0.1, 0.15) is 0 Å². The molecule has 2 heteroatoms. The van der Waals surface area contributed by atoms with Crippen LogP contribution in [-0.2, 0) is 0 Å². The first-order valence-corrected chi connectivity index (χ1v) is 6.54. The Kier molecular flexibility index (Phi) is 5.07. The van der Waals surface area contributed by atoms with Crippen LogP contribution in [0.5, 0.6) is 0 Å². The van der Waals surface area contributed by atoms with Gasteiger partial charge in [0.25, 0.3) is 0 Å². The zero-order valence-corrected chi connectivity index (χ0v) is 11.2. The fraction of sp³-hybridized carbons (Fsp3) is 1.00. The van der Waals surface area contributed by atoms with Crippen molar-refractivity contribution in [1.82, 2.24) is 9.80 Å². The second-order valence-corrected chi connectivity index (χ2v) is 5.14. The van der Waals surface area contributed by atoms with E-state index in [-0.39, 0.29) is 0 Å². The smallest absolute Gasteiger partial charge is 0.0232 e. The number of likely N-dealkylation sites (tertiary alicyclic amines) is 1. The summed E-state index contributed by atoms with van der Waals surface area (Å²) in [5, 5.41) is 0. The van der Waals surface area contributed by atoms with Gasteiger partial charge in [-0.25, -0.2) is 0 Å². The normalized spacial score (nSPS) is 27.2. The molecule has 15 heavy (non-hydrogen) atoms. The minimum atomic E-state index is 0.755. The van der Waals surface area contributed by atoms with Crippen molar-refractivity contribution in [3.05, 3.63) is 0 Å². The van der Waals surface area contributed by atoms with E-state index < -0.39 is 0 Å². The van der Waals surface area contributed by atoms with E-state index >= 15 is 0 Å². The Morgan fingerprint density at radius 1 is 1.33 bits per heavy atom. The molecule has 90 valence electrons. The van der Waals surface area contributed by atoms with Gasteiger partial charge >= 0.3 is 0 Å². The summed E-state index contributed by atoms with van der Waals surface area (Å²) in [5.41, 5.74) is 0. The molecule has 0 aromatic rings. The molecule has 0 aliphatic carbocycles. The van der Waals surface area contributed by atoms with Crippen molar-refractivity contribution in [3.63, 3.8) is 0 Å². The minimum absolute atomic E-state index is 0.755. The third kappa shape index (κ3) is 3.18. The highest BCUT2D eigenvalue weighted by Crippen LogP contribution is 2.21. The van der Waals surface area contributed by atoms with Crippen molar-refractivity contribution in [3.8, 4) is 0 Å². The molecule has 0 aromatic carbocycles. The van der Waals surface area contributed by atoms with Crippen LogP contribution in [0.2, 0.25) is 0 Å². The predicted octanol–water partition coefficient (Wildman–Crippen LogP) is 2.45. The van der Waals surface area contributed by atoms with Crippen LogP contribution in [0.4, 0.5) is 0 Å². The van der Waals surface area contributed by atoms with Crippen molar-refractivity contribution in [1.29, 1.82) is 0 Å². The van der Waals surface area contributed by atoms with E-state index in [1.807, 2.05) is 0 Å². The van der Waals surface area contributed by atoms with Crippen LogP contribution in [0.3, 0.4) is 0 Å². The summed E-state index contributed by atoms with van der Waals surface area (Å²) in [6.07, 6.45) is 2.65. The molecule has 2 nitrogen and oxygen atoms in total. The molecule has 1 rings (SSSR count). The number of hydrogen-bond donors (Lipinski definition) is 0. The van der Waals surface area contributed by atoms with Gasteiger partial charge in [0.15, 0.2) is 0 Å². The second kappa shape index (κ2) is 5.86. The number of rotatable bonds is 5. The summed E-state index contributed by atoms with van der Waals surface area (Å²) in [7, 11) is 2.25. The summed E-state index contributed by atoms with van der Waals surface area (Å²) < 4.78 is 0. The monoisotopic (exact) mass is 212 g/mol. The molecule has 1 saturated heterocycles. The van der Waals surface area contributed by atoms with Crippen LogP contribution in [0.15, 0.2) is 0 Å². The van der Waals surface area contributed by atoms with Gasteiger partial charge in [0.2, 0.25) is 0 Å². The lowest BCUT2D eigenvalue weighted by Gasteiger charge is -2.30. The average molecular weight is 212 g/mol. The molecule has 3 unspecified atom stereocenters. The quantitative estimate of drug-likeness (QED) is 0.690. The summed E-state index contributed by atoms with van der Waals surface area (Å²) in [6.45, 7) is 13.1. The van der Waals surface area contributed by atoms with Crippen LogP contribution in [0.1, 0.15) is 40.5 Å². The van der Waals surface area contributed by atoms with E-state index in [9.17, 15) is 0 Å². The van der Waals surface area contributed by atoms with Crippen LogP contribution < -0.4 is 0 Å². The van der Waals surface area contributed by atoms with E-state index in [1.165, 1.54) is 32.5 Å². The maximum absolute atomic E-state index is 2.67. The summed E-state index contributed by atoms with van der Waals surface area (Å²) >= 11 is 0. The van der Waals surface area contributed by atoms with Gasteiger partial charge in [-0.2, -0.15) is 0 Å². The Bertz CT molecular complexity index is 181. The zero-order chi connectivity index (χ0) is 11.4. The first-order valence-electron chi connectivity index (χ1n) is 6.54. The van der Waals surface area contributed by atoms with Gasteiger partial charge in [0, 0.05) is 25.2 Å². The number of likely N-dealkylation sites (N-methyl/N-ethyl adjacent to an activating group) is 1. The lowest BCUT2D eigenvalue weighted by atomic mass is 10.00. The molecule has 1 heterocycles. The molecule has 0 saturated carbocycles. The minimum Gasteiger partial charge on any atom is -0.302 e. The summed E-state index contributed by atoms with van der Waals surface area (Å²) in [5.74, 6) is 0.829. The molecule has 3 atom stereocenters. The molecule has 1 fully saturated rings. The second-order valence-electron chi connectivity index (χ2n) is 5.14. The lowest BCUT2D eigenvalue weighted by Crippen LogP contribution is -2.39. The fourth-order valence-corrected chi connectivity index (χ4v) is 2.46. The highest BCUT2D eigenvalue weighted by atomic mass is 15.3. The van der Waals surface area contributed by atoms with Crippen LogP contribution in [0.25, 0.3) is 0 Å². The Balaban J connectivity index is 2.41. The molecular weight excluding hydrogens is 184 g/mol. The van der Waals surface area contributed by atoms with Gasteiger partial charge in [-0.1, -0.05) is 27.2 Å². The van der Waals surface area contributed by atoms with Crippen LogP contribution in [0, 0.1) is 5.92 Å². The van der Waals surface area contributed by atoms with Gasteiger partial charge in [0.05, 0.1) is 0 Å². The third-order valence-corrected chi connectivity index (χ3v) is 4.36. The Hall–Kier alpha value is -0.0800. The Morgan fingerprint density at radius 3 is 2.53 bits per heavy atom. The van der Waals surface area contributed by atoms with E-state index in [2.05, 4.69) is 44.5 Å². The highest BCUT2D eigenvalue weighted by Gasteiger charge is 2.29. The van der Waals surface area contributed by atoms with Crippen molar-refractivity contribution in [2.45, 2.75) is 52.6 Å². The number of nitrogens with zero attached hydrogens (tertiary/aromatic N) is 2. The largest absolute Gasteiger partial charge is 0.302 e. The Morgan fingerprint density at radius 2 is 2.00 bits per heavy atom. The average Bonchev–Trinajstić information content (AvgIpc) is 2.75. The standard InChI is InChI=1S/C13H28N2/c1-6-11(3)12(4)15-9-8-13(10-15)14(5)7-2/h11-13H,6-10H2,1-5H3. The highest BCUT2D eigenvalue weighted by molar-refractivity contribution is 4.85. The van der Waals surface area contributed by atoms with Gasteiger partial charge < -0.3 is 4.90 Å². The van der Waals surface area contributed by atoms with Crippen LogP contribution in [-0.4, -0.2) is 48.6 Å². The molecule has 0 radical (unpaired) electrons. The SMILES string of the molecule is CCC(C)C(C)N1CCC(N(C)CC)C1.